The second-order valence-corrected chi connectivity index (χ2v) is 6.61. The van der Waals surface area contributed by atoms with Gasteiger partial charge >= 0.3 is 5.97 Å². The molecule has 4 nitrogen and oxygen atoms in total. The van der Waals surface area contributed by atoms with Crippen molar-refractivity contribution in [3.05, 3.63) is 37.4 Å². The van der Waals surface area contributed by atoms with Crippen LogP contribution < -0.4 is 4.74 Å². The van der Waals surface area contributed by atoms with Crippen molar-refractivity contribution in [2.45, 2.75) is 41.7 Å². The molecule has 120 valence electrons. The topological polar surface area (TPSA) is 63.6 Å². The fraction of sp³-hybridized carbons (Fsp3) is 0.412. The van der Waals surface area contributed by atoms with Gasteiger partial charge in [-0.3, -0.25) is 9.59 Å². The molecule has 22 heavy (non-hydrogen) atoms. The van der Waals surface area contributed by atoms with Crippen molar-refractivity contribution in [2.24, 2.45) is 0 Å². The Morgan fingerprint density at radius 1 is 1.27 bits per heavy atom. The Bertz CT molecular complexity index is 500. The standard InChI is InChI=1S/C15H18O4S.C2H4/c1-19-12-2-4-13(5-3-12)20-15(10-14(17)18)8-6-11(16)7-9-15;1-2/h2-5H,6-10H2,1H3,(H,17,18);1-2H2. The van der Waals surface area contributed by atoms with Gasteiger partial charge in [0.1, 0.15) is 11.5 Å². The van der Waals surface area contributed by atoms with Crippen molar-refractivity contribution >= 4 is 23.5 Å². The fourth-order valence-corrected chi connectivity index (χ4v) is 3.84. The number of carbonyl (C=O) groups excluding carboxylic acids is 1. The lowest BCUT2D eigenvalue weighted by Gasteiger charge is -2.34. The van der Waals surface area contributed by atoms with Gasteiger partial charge < -0.3 is 9.84 Å². The Kier molecular flexibility index (Phi) is 7.18. The SMILES string of the molecule is C=C.COc1ccc(SC2(CC(=O)O)CCC(=O)CC2)cc1. The van der Waals surface area contributed by atoms with Crippen molar-refractivity contribution in [2.75, 3.05) is 7.11 Å². The molecule has 0 aliphatic heterocycles. The molecule has 0 spiro atoms. The van der Waals surface area contributed by atoms with Crippen molar-refractivity contribution in [3.8, 4) is 5.75 Å². The van der Waals surface area contributed by atoms with Crippen LogP contribution >= 0.6 is 11.8 Å². The molecule has 1 aliphatic carbocycles. The molecule has 0 amide bonds. The number of carboxylic acid groups (broad SMARTS) is 1. The third-order valence-electron chi connectivity index (χ3n) is 3.59. The predicted molar refractivity (Wildman–Crippen MR) is 88.6 cm³/mol. The highest BCUT2D eigenvalue weighted by molar-refractivity contribution is 8.00. The number of hydrogen-bond donors (Lipinski definition) is 1. The van der Waals surface area contributed by atoms with Crippen molar-refractivity contribution in [1.29, 1.82) is 0 Å². The number of thioether (sulfide) groups is 1. The molecule has 0 heterocycles. The van der Waals surface area contributed by atoms with E-state index >= 15 is 0 Å². The molecule has 1 fully saturated rings. The predicted octanol–water partition coefficient (Wildman–Crippen LogP) is 3.95. The van der Waals surface area contributed by atoms with E-state index in [1.807, 2.05) is 24.3 Å². The minimum atomic E-state index is -0.805. The van der Waals surface area contributed by atoms with Crippen LogP contribution in [0.4, 0.5) is 0 Å². The molecule has 0 aromatic heterocycles. The summed E-state index contributed by atoms with van der Waals surface area (Å²) >= 11 is 1.57. The van der Waals surface area contributed by atoms with Gasteiger partial charge in [0, 0.05) is 22.5 Å². The van der Waals surface area contributed by atoms with Crippen LogP contribution in [0.25, 0.3) is 0 Å². The van der Waals surface area contributed by atoms with Crippen LogP contribution in [-0.4, -0.2) is 28.7 Å². The van der Waals surface area contributed by atoms with Gasteiger partial charge in [-0.15, -0.1) is 24.9 Å². The number of methoxy groups -OCH3 is 1. The normalized spacial score (nSPS) is 16.3. The van der Waals surface area contributed by atoms with Crippen LogP contribution in [0, 0.1) is 0 Å². The number of aliphatic carboxylic acids is 1. The molecule has 1 aliphatic rings. The first kappa shape index (κ1) is 18.3. The summed E-state index contributed by atoms with van der Waals surface area (Å²) in [6.07, 6.45) is 2.33. The average molecular weight is 322 g/mol. The quantitative estimate of drug-likeness (QED) is 0.832. The summed E-state index contributed by atoms with van der Waals surface area (Å²) in [5, 5.41) is 9.14. The average Bonchev–Trinajstić information content (AvgIpc) is 2.52. The molecular formula is C17H22O4S. The monoisotopic (exact) mass is 322 g/mol. The van der Waals surface area contributed by atoms with E-state index in [-0.39, 0.29) is 17.0 Å². The summed E-state index contributed by atoms with van der Waals surface area (Å²) in [5.74, 6) is 0.210. The minimum Gasteiger partial charge on any atom is -0.497 e. The van der Waals surface area contributed by atoms with E-state index in [1.165, 1.54) is 0 Å². The number of rotatable bonds is 5. The first-order valence-electron chi connectivity index (χ1n) is 7.10. The van der Waals surface area contributed by atoms with Gasteiger partial charge in [-0.2, -0.15) is 0 Å². The highest BCUT2D eigenvalue weighted by Crippen LogP contribution is 2.45. The first-order chi connectivity index (χ1) is 10.5. The molecule has 1 N–H and O–H groups in total. The van der Waals surface area contributed by atoms with E-state index < -0.39 is 5.97 Å². The molecule has 0 atom stereocenters. The lowest BCUT2D eigenvalue weighted by molar-refractivity contribution is -0.138. The van der Waals surface area contributed by atoms with Crippen LogP contribution in [0.5, 0.6) is 5.75 Å². The molecule has 0 radical (unpaired) electrons. The molecule has 2 rings (SSSR count). The van der Waals surface area contributed by atoms with Crippen LogP contribution in [0.1, 0.15) is 32.1 Å². The van der Waals surface area contributed by atoms with E-state index in [2.05, 4.69) is 13.2 Å². The van der Waals surface area contributed by atoms with Crippen molar-refractivity contribution < 1.29 is 19.4 Å². The number of ketones is 1. The van der Waals surface area contributed by atoms with Gasteiger partial charge in [-0.1, -0.05) is 0 Å². The summed E-state index contributed by atoms with van der Waals surface area (Å²) < 4.78 is 4.75. The van der Waals surface area contributed by atoms with Gasteiger partial charge in [0.2, 0.25) is 0 Å². The number of benzene rings is 1. The maximum atomic E-state index is 11.4. The number of carboxylic acids is 1. The molecule has 0 bridgehead atoms. The fourth-order valence-electron chi connectivity index (χ4n) is 2.47. The maximum Gasteiger partial charge on any atom is 0.304 e. The zero-order chi connectivity index (χ0) is 16.6. The molecular weight excluding hydrogens is 300 g/mol. The highest BCUT2D eigenvalue weighted by Gasteiger charge is 2.37. The Hall–Kier alpha value is -1.75. The van der Waals surface area contributed by atoms with Crippen LogP contribution in [0.3, 0.4) is 0 Å². The Labute approximate surface area is 135 Å². The molecule has 0 saturated heterocycles. The van der Waals surface area contributed by atoms with E-state index in [0.29, 0.717) is 25.7 Å². The Morgan fingerprint density at radius 2 is 1.82 bits per heavy atom. The Balaban J connectivity index is 0.00000116. The van der Waals surface area contributed by atoms with Crippen LogP contribution in [-0.2, 0) is 9.59 Å². The first-order valence-corrected chi connectivity index (χ1v) is 7.91. The number of Topliss-reactive ketones (excluding diaryl/α,β-unsaturated/α-hetero) is 1. The summed E-state index contributed by atoms with van der Waals surface area (Å²) in [6.45, 7) is 6.00. The summed E-state index contributed by atoms with van der Waals surface area (Å²) in [4.78, 5) is 23.5. The van der Waals surface area contributed by atoms with E-state index in [1.54, 1.807) is 18.9 Å². The number of ether oxygens (including phenoxy) is 1. The smallest absolute Gasteiger partial charge is 0.304 e. The number of carbonyl (C=O) groups is 2. The van der Waals surface area contributed by atoms with Gasteiger partial charge in [-0.25, -0.2) is 0 Å². The zero-order valence-corrected chi connectivity index (χ0v) is 13.7. The van der Waals surface area contributed by atoms with Gasteiger partial charge in [0.05, 0.1) is 13.5 Å². The van der Waals surface area contributed by atoms with Gasteiger partial charge in [-0.05, 0) is 37.1 Å². The molecule has 1 aromatic carbocycles. The zero-order valence-electron chi connectivity index (χ0n) is 12.8. The Morgan fingerprint density at radius 3 is 2.27 bits per heavy atom. The molecule has 1 aromatic rings. The number of hydrogen-bond acceptors (Lipinski definition) is 4. The highest BCUT2D eigenvalue weighted by atomic mass is 32.2. The van der Waals surface area contributed by atoms with Crippen molar-refractivity contribution in [1.82, 2.24) is 0 Å². The van der Waals surface area contributed by atoms with E-state index in [9.17, 15) is 9.59 Å². The third kappa shape index (κ3) is 5.22. The largest absolute Gasteiger partial charge is 0.497 e. The lowest BCUT2D eigenvalue weighted by atomic mass is 9.85. The van der Waals surface area contributed by atoms with Crippen LogP contribution in [0.15, 0.2) is 42.3 Å². The second kappa shape index (κ2) is 8.63. The van der Waals surface area contributed by atoms with Gasteiger partial charge in [0.15, 0.2) is 0 Å². The van der Waals surface area contributed by atoms with Gasteiger partial charge in [0.25, 0.3) is 0 Å². The third-order valence-corrected chi connectivity index (χ3v) is 5.08. The molecule has 5 heteroatoms. The van der Waals surface area contributed by atoms with Crippen molar-refractivity contribution in [3.63, 3.8) is 0 Å². The van der Waals surface area contributed by atoms with E-state index in [0.717, 1.165) is 10.6 Å². The molecule has 0 unspecified atom stereocenters. The van der Waals surface area contributed by atoms with Crippen LogP contribution in [0.2, 0.25) is 0 Å². The summed E-state index contributed by atoms with van der Waals surface area (Å²) in [5.41, 5.74) is 0. The molecule has 1 saturated carbocycles. The minimum absolute atomic E-state index is 0.0942. The summed E-state index contributed by atoms with van der Waals surface area (Å²) in [7, 11) is 1.61. The summed E-state index contributed by atoms with van der Waals surface area (Å²) in [6, 6.07) is 7.60. The second-order valence-electron chi connectivity index (χ2n) is 5.07. The maximum absolute atomic E-state index is 11.4. The van der Waals surface area contributed by atoms with E-state index in [4.69, 9.17) is 9.84 Å². The lowest BCUT2D eigenvalue weighted by Crippen LogP contribution is -2.33.